The molecule has 1 aliphatic rings. The highest BCUT2D eigenvalue weighted by Crippen LogP contribution is 2.16. The highest BCUT2D eigenvalue weighted by molar-refractivity contribution is 5.85. The van der Waals surface area contributed by atoms with Crippen molar-refractivity contribution in [3.63, 3.8) is 0 Å². The standard InChI is InChI=1S/C19H27NO4/c1-14(2)12-17(20-18(21)16-8-10-23-11-9-16)19(22)24-13-15-6-4-3-5-7-15/h3-7,14,16-17H,8-13H2,1-2H3,(H,20,21)/t17-/m0/s1. The van der Waals surface area contributed by atoms with Gasteiger partial charge in [-0.3, -0.25) is 4.79 Å². The van der Waals surface area contributed by atoms with Crippen LogP contribution >= 0.6 is 0 Å². The average Bonchev–Trinajstić information content (AvgIpc) is 2.60. The van der Waals surface area contributed by atoms with Gasteiger partial charge in [0.15, 0.2) is 0 Å². The van der Waals surface area contributed by atoms with E-state index < -0.39 is 6.04 Å². The maximum atomic E-state index is 12.4. The molecule has 0 radical (unpaired) electrons. The van der Waals surface area contributed by atoms with Gasteiger partial charge >= 0.3 is 5.97 Å². The Balaban J connectivity index is 1.90. The summed E-state index contributed by atoms with van der Waals surface area (Å²) >= 11 is 0. The van der Waals surface area contributed by atoms with Crippen molar-refractivity contribution in [1.82, 2.24) is 5.32 Å². The molecular formula is C19H27NO4. The minimum atomic E-state index is -0.593. The molecule has 5 heteroatoms. The van der Waals surface area contributed by atoms with Gasteiger partial charge in [0.2, 0.25) is 5.91 Å². The molecule has 24 heavy (non-hydrogen) atoms. The molecule has 0 saturated carbocycles. The molecule has 1 atom stereocenters. The fourth-order valence-corrected chi connectivity index (χ4v) is 2.76. The lowest BCUT2D eigenvalue weighted by atomic mass is 9.97. The van der Waals surface area contributed by atoms with Gasteiger partial charge in [0.05, 0.1) is 0 Å². The zero-order chi connectivity index (χ0) is 17.4. The van der Waals surface area contributed by atoms with Gasteiger partial charge in [-0.05, 0) is 30.7 Å². The highest BCUT2D eigenvalue weighted by Gasteiger charge is 2.28. The van der Waals surface area contributed by atoms with Crippen LogP contribution in [-0.2, 0) is 25.7 Å². The van der Waals surface area contributed by atoms with E-state index >= 15 is 0 Å². The molecule has 0 aliphatic carbocycles. The van der Waals surface area contributed by atoms with Crippen molar-refractivity contribution in [2.45, 2.75) is 45.8 Å². The van der Waals surface area contributed by atoms with Crippen molar-refractivity contribution in [3.8, 4) is 0 Å². The number of ether oxygens (including phenoxy) is 2. The Labute approximate surface area is 143 Å². The zero-order valence-electron chi connectivity index (χ0n) is 14.5. The van der Waals surface area contributed by atoms with Crippen LogP contribution in [0, 0.1) is 11.8 Å². The number of benzene rings is 1. The van der Waals surface area contributed by atoms with Crippen molar-refractivity contribution in [1.29, 1.82) is 0 Å². The summed E-state index contributed by atoms with van der Waals surface area (Å²) in [7, 11) is 0. The highest BCUT2D eigenvalue weighted by atomic mass is 16.5. The summed E-state index contributed by atoms with van der Waals surface area (Å²) < 4.78 is 10.7. The Morgan fingerprint density at radius 1 is 1.21 bits per heavy atom. The first kappa shape index (κ1) is 18.5. The Hall–Kier alpha value is -1.88. The molecule has 0 spiro atoms. The maximum Gasteiger partial charge on any atom is 0.328 e. The van der Waals surface area contributed by atoms with Crippen LogP contribution in [0.4, 0.5) is 0 Å². The monoisotopic (exact) mass is 333 g/mol. The van der Waals surface area contributed by atoms with Crippen LogP contribution < -0.4 is 5.32 Å². The topological polar surface area (TPSA) is 64.6 Å². The molecule has 1 saturated heterocycles. The number of hydrogen-bond donors (Lipinski definition) is 1. The van der Waals surface area contributed by atoms with Gasteiger partial charge in [0.1, 0.15) is 12.6 Å². The molecule has 1 fully saturated rings. The molecule has 1 aromatic rings. The quantitative estimate of drug-likeness (QED) is 0.779. The molecule has 1 aromatic carbocycles. The van der Waals surface area contributed by atoms with Crippen LogP contribution in [0.25, 0.3) is 0 Å². The second kappa shape index (κ2) is 9.42. The maximum absolute atomic E-state index is 12.4. The fourth-order valence-electron chi connectivity index (χ4n) is 2.76. The van der Waals surface area contributed by atoms with Crippen LogP contribution in [0.5, 0.6) is 0 Å². The molecule has 2 rings (SSSR count). The summed E-state index contributed by atoms with van der Waals surface area (Å²) in [5, 5.41) is 2.89. The van der Waals surface area contributed by atoms with Gasteiger partial charge in [-0.15, -0.1) is 0 Å². The number of esters is 1. The van der Waals surface area contributed by atoms with E-state index in [1.165, 1.54) is 0 Å². The van der Waals surface area contributed by atoms with Crippen LogP contribution in [-0.4, -0.2) is 31.1 Å². The second-order valence-electron chi connectivity index (χ2n) is 6.67. The molecule has 1 aliphatic heterocycles. The zero-order valence-corrected chi connectivity index (χ0v) is 14.5. The molecule has 0 unspecified atom stereocenters. The third-order valence-corrected chi connectivity index (χ3v) is 4.12. The first-order chi connectivity index (χ1) is 11.6. The lowest BCUT2D eigenvalue weighted by Crippen LogP contribution is -2.46. The van der Waals surface area contributed by atoms with Crippen molar-refractivity contribution in [3.05, 3.63) is 35.9 Å². The van der Waals surface area contributed by atoms with E-state index in [9.17, 15) is 9.59 Å². The number of hydrogen-bond acceptors (Lipinski definition) is 4. The summed E-state index contributed by atoms with van der Waals surface area (Å²) in [5.41, 5.74) is 0.935. The van der Waals surface area contributed by atoms with Crippen molar-refractivity contribution >= 4 is 11.9 Å². The summed E-state index contributed by atoms with van der Waals surface area (Å²) in [4.78, 5) is 24.8. The molecule has 0 bridgehead atoms. The van der Waals surface area contributed by atoms with Crippen molar-refractivity contribution < 1.29 is 19.1 Å². The van der Waals surface area contributed by atoms with E-state index in [-0.39, 0.29) is 30.3 Å². The Morgan fingerprint density at radius 3 is 2.50 bits per heavy atom. The van der Waals surface area contributed by atoms with Gasteiger partial charge in [-0.1, -0.05) is 44.2 Å². The lowest BCUT2D eigenvalue weighted by Gasteiger charge is -2.25. The summed E-state index contributed by atoms with van der Waals surface area (Å²) in [5.74, 6) is -0.224. The van der Waals surface area contributed by atoms with Crippen molar-refractivity contribution in [2.75, 3.05) is 13.2 Å². The Morgan fingerprint density at radius 2 is 1.88 bits per heavy atom. The largest absolute Gasteiger partial charge is 0.459 e. The van der Waals surface area contributed by atoms with Gasteiger partial charge < -0.3 is 14.8 Å². The molecule has 1 amide bonds. The van der Waals surface area contributed by atoms with E-state index in [4.69, 9.17) is 9.47 Å². The Kier molecular flexibility index (Phi) is 7.25. The van der Waals surface area contributed by atoms with Crippen molar-refractivity contribution in [2.24, 2.45) is 11.8 Å². The number of rotatable bonds is 7. The van der Waals surface area contributed by atoms with Gasteiger partial charge in [0, 0.05) is 19.1 Å². The molecule has 5 nitrogen and oxygen atoms in total. The molecule has 132 valence electrons. The number of carbonyl (C=O) groups is 2. The van der Waals surface area contributed by atoms with E-state index in [1.807, 2.05) is 44.2 Å². The first-order valence-electron chi connectivity index (χ1n) is 8.65. The molecule has 1 heterocycles. The third-order valence-electron chi connectivity index (χ3n) is 4.12. The van der Waals surface area contributed by atoms with Crippen LogP contribution in [0.1, 0.15) is 38.7 Å². The fraction of sp³-hybridized carbons (Fsp3) is 0.579. The first-order valence-corrected chi connectivity index (χ1v) is 8.65. The summed E-state index contributed by atoms with van der Waals surface area (Å²) in [6.45, 7) is 5.48. The van der Waals surface area contributed by atoms with Gasteiger partial charge in [-0.2, -0.15) is 0 Å². The minimum Gasteiger partial charge on any atom is -0.459 e. The van der Waals surface area contributed by atoms with Crippen LogP contribution in [0.3, 0.4) is 0 Å². The predicted molar refractivity (Wildman–Crippen MR) is 91.2 cm³/mol. The predicted octanol–water partition coefficient (Wildman–Crippen LogP) is 2.69. The van der Waals surface area contributed by atoms with E-state index in [2.05, 4.69) is 5.32 Å². The average molecular weight is 333 g/mol. The second-order valence-corrected chi connectivity index (χ2v) is 6.67. The van der Waals surface area contributed by atoms with Gasteiger partial charge in [-0.25, -0.2) is 4.79 Å². The third kappa shape index (κ3) is 5.96. The van der Waals surface area contributed by atoms with Crippen LogP contribution in [0.15, 0.2) is 30.3 Å². The number of amides is 1. The van der Waals surface area contributed by atoms with E-state index in [1.54, 1.807) is 0 Å². The number of carbonyl (C=O) groups excluding carboxylic acids is 2. The molecule has 0 aromatic heterocycles. The minimum absolute atomic E-state index is 0.0689. The van der Waals surface area contributed by atoms with Gasteiger partial charge in [0.25, 0.3) is 0 Å². The van der Waals surface area contributed by atoms with Crippen LogP contribution in [0.2, 0.25) is 0 Å². The smallest absolute Gasteiger partial charge is 0.328 e. The lowest BCUT2D eigenvalue weighted by molar-refractivity contribution is -0.150. The number of nitrogens with one attached hydrogen (secondary N) is 1. The SMILES string of the molecule is CC(C)C[C@H](NC(=O)C1CCOCC1)C(=O)OCc1ccccc1. The molecular weight excluding hydrogens is 306 g/mol. The molecule has 1 N–H and O–H groups in total. The summed E-state index contributed by atoms with van der Waals surface area (Å²) in [6, 6.07) is 8.95. The van der Waals surface area contributed by atoms with E-state index in [0.29, 0.717) is 32.5 Å². The Bertz CT molecular complexity index is 523. The normalized spacial score (nSPS) is 16.6. The summed E-state index contributed by atoms with van der Waals surface area (Å²) in [6.07, 6.45) is 1.99. The van der Waals surface area contributed by atoms with E-state index in [0.717, 1.165) is 5.56 Å².